The van der Waals surface area contributed by atoms with Gasteiger partial charge in [-0.2, -0.15) is 0 Å². The highest BCUT2D eigenvalue weighted by atomic mass is 16.3. The van der Waals surface area contributed by atoms with Crippen LogP contribution in [0, 0.1) is 0 Å². The van der Waals surface area contributed by atoms with Gasteiger partial charge in [-0.05, 0) is 70.0 Å². The number of phenols is 1. The number of likely N-dealkylation sites (tertiary alicyclic amines) is 1. The Morgan fingerprint density at radius 2 is 2.03 bits per heavy atom. The summed E-state index contributed by atoms with van der Waals surface area (Å²) >= 11 is 0. The first-order chi connectivity index (χ1) is 14.0. The summed E-state index contributed by atoms with van der Waals surface area (Å²) in [5.41, 5.74) is 4.28. The normalized spacial score (nSPS) is 19.5. The summed E-state index contributed by atoms with van der Waals surface area (Å²) in [6.07, 6.45) is 4.79. The van der Waals surface area contributed by atoms with E-state index in [2.05, 4.69) is 16.5 Å². The van der Waals surface area contributed by atoms with Crippen LogP contribution >= 0.6 is 0 Å². The number of aromatic hydroxyl groups is 1. The molecule has 5 rings (SSSR count). The highest BCUT2D eigenvalue weighted by molar-refractivity contribution is 6.16. The van der Waals surface area contributed by atoms with Gasteiger partial charge in [0.15, 0.2) is 11.6 Å². The molecule has 150 valence electrons. The van der Waals surface area contributed by atoms with E-state index in [9.17, 15) is 14.7 Å². The van der Waals surface area contributed by atoms with Gasteiger partial charge >= 0.3 is 0 Å². The van der Waals surface area contributed by atoms with Crippen molar-refractivity contribution in [1.29, 1.82) is 0 Å². The van der Waals surface area contributed by atoms with Crippen molar-refractivity contribution in [1.82, 2.24) is 9.47 Å². The molecule has 0 radical (unpaired) electrons. The Morgan fingerprint density at radius 1 is 1.21 bits per heavy atom. The smallest absolute Gasteiger partial charge is 0.163 e. The molecule has 1 atom stereocenters. The summed E-state index contributed by atoms with van der Waals surface area (Å²) < 4.78 is 2.27. The second kappa shape index (κ2) is 6.70. The largest absolute Gasteiger partial charge is 0.507 e. The lowest BCUT2D eigenvalue weighted by Crippen LogP contribution is -2.26. The summed E-state index contributed by atoms with van der Waals surface area (Å²) in [5.74, 6) is 0.0715. The second-order valence-electron chi connectivity index (χ2n) is 8.57. The van der Waals surface area contributed by atoms with Crippen LogP contribution in [0.3, 0.4) is 0 Å². The summed E-state index contributed by atoms with van der Waals surface area (Å²) in [5, 5.41) is 12.5. The maximum atomic E-state index is 12.3. The zero-order valence-corrected chi connectivity index (χ0v) is 17.0. The summed E-state index contributed by atoms with van der Waals surface area (Å²) in [6.45, 7) is 3.47. The molecule has 2 heterocycles. The number of carbonyl (C=O) groups excluding carboxylic acids is 2. The molecule has 5 heteroatoms. The fourth-order valence-corrected chi connectivity index (χ4v) is 5.33. The predicted molar refractivity (Wildman–Crippen MR) is 114 cm³/mol. The number of hydrogen-bond donors (Lipinski definition) is 1. The van der Waals surface area contributed by atoms with E-state index in [1.54, 1.807) is 6.07 Å². The minimum absolute atomic E-state index is 0.0276. The molecule has 1 N–H and O–H groups in total. The van der Waals surface area contributed by atoms with Gasteiger partial charge in [-0.3, -0.25) is 9.59 Å². The van der Waals surface area contributed by atoms with Gasteiger partial charge in [0, 0.05) is 46.9 Å². The van der Waals surface area contributed by atoms with Gasteiger partial charge in [-0.25, -0.2) is 0 Å². The Hall–Kier alpha value is -2.66. The molecule has 2 aromatic carbocycles. The van der Waals surface area contributed by atoms with Crippen molar-refractivity contribution < 1.29 is 14.7 Å². The Morgan fingerprint density at radius 3 is 2.76 bits per heavy atom. The molecule has 1 aromatic heterocycles. The van der Waals surface area contributed by atoms with Crippen LogP contribution in [0.5, 0.6) is 5.75 Å². The third-order valence-electron chi connectivity index (χ3n) is 6.90. The first-order valence-corrected chi connectivity index (χ1v) is 10.5. The minimum atomic E-state index is -0.151. The highest BCUT2D eigenvalue weighted by Crippen LogP contribution is 2.39. The second-order valence-corrected chi connectivity index (χ2v) is 8.57. The average molecular weight is 390 g/mol. The molecule has 5 nitrogen and oxygen atoms in total. The van der Waals surface area contributed by atoms with Crippen molar-refractivity contribution in [3.05, 3.63) is 41.0 Å². The fraction of sp³-hybridized carbons (Fsp3) is 0.417. The van der Waals surface area contributed by atoms with Crippen molar-refractivity contribution in [3.8, 4) is 5.75 Å². The van der Waals surface area contributed by atoms with E-state index in [-0.39, 0.29) is 17.3 Å². The van der Waals surface area contributed by atoms with Crippen LogP contribution in [-0.4, -0.2) is 45.8 Å². The van der Waals surface area contributed by atoms with Crippen molar-refractivity contribution in [3.63, 3.8) is 0 Å². The van der Waals surface area contributed by atoms with Gasteiger partial charge in [0.2, 0.25) is 0 Å². The molecule has 0 amide bonds. The standard InChI is InChI=1S/C24H26N2O3/c1-14(27)18-12-19-21(13-23(18)29)26(11-9-15-4-3-10-25(15)2)20-7-5-16-17(24(19)20)6-8-22(16)28/h5,7,12-13,15,29H,3-4,6,8-11H2,1-2H3/t15-/m1/s1. The molecular weight excluding hydrogens is 364 g/mol. The Labute approximate surface area is 169 Å². The van der Waals surface area contributed by atoms with Crippen molar-refractivity contribution in [2.45, 2.75) is 51.6 Å². The number of phenolic OH excluding ortho intramolecular Hbond substituents is 1. The quantitative estimate of drug-likeness (QED) is 0.674. The van der Waals surface area contributed by atoms with E-state index in [1.165, 1.54) is 19.8 Å². The van der Waals surface area contributed by atoms with E-state index in [0.717, 1.165) is 58.9 Å². The van der Waals surface area contributed by atoms with Crippen LogP contribution in [0.25, 0.3) is 21.8 Å². The van der Waals surface area contributed by atoms with Gasteiger partial charge in [-0.15, -0.1) is 0 Å². The molecule has 0 spiro atoms. The summed E-state index contributed by atoms with van der Waals surface area (Å²) in [6, 6.07) is 8.11. The van der Waals surface area contributed by atoms with Crippen molar-refractivity contribution in [2.75, 3.05) is 13.6 Å². The number of rotatable bonds is 4. The van der Waals surface area contributed by atoms with Crippen LogP contribution in [-0.2, 0) is 13.0 Å². The maximum absolute atomic E-state index is 12.3. The molecule has 2 aliphatic rings. The number of aromatic nitrogens is 1. The number of nitrogens with zero attached hydrogens (tertiary/aromatic N) is 2. The average Bonchev–Trinajstić information content (AvgIpc) is 3.35. The number of benzene rings is 2. The van der Waals surface area contributed by atoms with Crippen molar-refractivity contribution in [2.24, 2.45) is 0 Å². The number of ketones is 2. The van der Waals surface area contributed by atoms with Gasteiger partial charge in [0.05, 0.1) is 11.1 Å². The molecule has 29 heavy (non-hydrogen) atoms. The van der Waals surface area contributed by atoms with Crippen LogP contribution in [0.2, 0.25) is 0 Å². The summed E-state index contributed by atoms with van der Waals surface area (Å²) in [7, 11) is 2.19. The summed E-state index contributed by atoms with van der Waals surface area (Å²) in [4.78, 5) is 26.8. The first kappa shape index (κ1) is 18.4. The van der Waals surface area contributed by atoms with Gasteiger partial charge in [-0.1, -0.05) is 0 Å². The molecule has 0 bridgehead atoms. The van der Waals surface area contributed by atoms with E-state index < -0.39 is 0 Å². The van der Waals surface area contributed by atoms with E-state index in [1.807, 2.05) is 18.2 Å². The molecule has 0 saturated carbocycles. The van der Waals surface area contributed by atoms with Crippen LogP contribution in [0.15, 0.2) is 24.3 Å². The number of aryl methyl sites for hydroxylation is 2. The molecule has 3 aromatic rings. The number of fused-ring (bicyclic) bond motifs is 5. The monoisotopic (exact) mass is 390 g/mol. The van der Waals surface area contributed by atoms with Gasteiger partial charge in [0.1, 0.15) is 5.75 Å². The highest BCUT2D eigenvalue weighted by Gasteiger charge is 2.27. The lowest BCUT2D eigenvalue weighted by atomic mass is 10.0. The zero-order valence-electron chi connectivity index (χ0n) is 17.0. The number of hydrogen-bond acceptors (Lipinski definition) is 4. The third kappa shape index (κ3) is 2.79. The van der Waals surface area contributed by atoms with E-state index in [4.69, 9.17) is 0 Å². The molecule has 1 aliphatic carbocycles. The molecule has 1 aliphatic heterocycles. The Kier molecular flexibility index (Phi) is 4.24. The topological polar surface area (TPSA) is 62.5 Å². The molecule has 0 unspecified atom stereocenters. The number of carbonyl (C=O) groups is 2. The maximum Gasteiger partial charge on any atom is 0.163 e. The lowest BCUT2D eigenvalue weighted by Gasteiger charge is -2.20. The number of Topliss-reactive ketones (excluding diaryl/α,β-unsaturated/α-hetero) is 2. The van der Waals surface area contributed by atoms with E-state index in [0.29, 0.717) is 18.0 Å². The first-order valence-electron chi connectivity index (χ1n) is 10.5. The minimum Gasteiger partial charge on any atom is -0.507 e. The van der Waals surface area contributed by atoms with E-state index >= 15 is 0 Å². The Balaban J connectivity index is 1.73. The fourth-order valence-electron chi connectivity index (χ4n) is 5.33. The van der Waals surface area contributed by atoms with Gasteiger partial charge in [0.25, 0.3) is 0 Å². The lowest BCUT2D eigenvalue weighted by molar-refractivity contribution is 0.0991. The van der Waals surface area contributed by atoms with Gasteiger partial charge < -0.3 is 14.6 Å². The molecule has 1 fully saturated rings. The Bertz CT molecular complexity index is 1170. The molecular formula is C24H26N2O3. The van der Waals surface area contributed by atoms with Crippen LogP contribution < -0.4 is 0 Å². The van der Waals surface area contributed by atoms with Crippen molar-refractivity contribution >= 4 is 33.4 Å². The SMILES string of the molecule is CC(=O)c1cc2c3c4c(ccc3n(CC[C@H]3CCCN3C)c2cc1O)C(=O)CC4. The predicted octanol–water partition coefficient (Wildman–Crippen LogP) is 4.32. The third-order valence-corrected chi connectivity index (χ3v) is 6.90. The van der Waals surface area contributed by atoms with Crippen LogP contribution in [0.4, 0.5) is 0 Å². The van der Waals surface area contributed by atoms with Crippen LogP contribution in [0.1, 0.15) is 58.9 Å². The molecule has 1 saturated heterocycles. The zero-order chi connectivity index (χ0) is 20.3.